The van der Waals surface area contributed by atoms with Crippen molar-refractivity contribution in [2.75, 3.05) is 26.3 Å². The lowest BCUT2D eigenvalue weighted by molar-refractivity contribution is -0.125. The second-order valence-corrected chi connectivity index (χ2v) is 6.17. The quantitative estimate of drug-likeness (QED) is 0.704. The van der Waals surface area contributed by atoms with Gasteiger partial charge in [-0.15, -0.1) is 0 Å². The number of amides is 1. The van der Waals surface area contributed by atoms with Crippen LogP contribution in [0.2, 0.25) is 0 Å². The molecule has 2 unspecified atom stereocenters. The number of hydrogen-bond acceptors (Lipinski definition) is 3. The van der Waals surface area contributed by atoms with Gasteiger partial charge in [0.15, 0.2) is 0 Å². The first-order valence-corrected chi connectivity index (χ1v) is 7.79. The summed E-state index contributed by atoms with van der Waals surface area (Å²) in [7, 11) is 0. The third kappa shape index (κ3) is 3.93. The number of nitrogens with one attached hydrogen (secondary N) is 2. The van der Waals surface area contributed by atoms with Crippen molar-refractivity contribution in [3.05, 3.63) is 0 Å². The molecule has 2 N–H and O–H groups in total. The maximum absolute atomic E-state index is 12.3. The molecular formula is C15H28N2O2. The molecule has 0 aromatic heterocycles. The van der Waals surface area contributed by atoms with Gasteiger partial charge in [-0.05, 0) is 37.6 Å². The van der Waals surface area contributed by atoms with Gasteiger partial charge >= 0.3 is 0 Å². The maximum atomic E-state index is 12.3. The average Bonchev–Trinajstić information content (AvgIpc) is 3.01. The van der Waals surface area contributed by atoms with E-state index in [9.17, 15) is 4.79 Å². The van der Waals surface area contributed by atoms with Crippen molar-refractivity contribution in [1.82, 2.24) is 10.6 Å². The lowest BCUT2D eigenvalue weighted by Gasteiger charge is -2.21. The molecular weight excluding hydrogens is 240 g/mol. The summed E-state index contributed by atoms with van der Waals surface area (Å²) in [5.41, 5.74) is 0.427. The number of carbonyl (C=O) groups excluding carboxylic acids is 1. The highest BCUT2D eigenvalue weighted by molar-refractivity contribution is 5.80. The molecule has 2 rings (SSSR count). The number of carbonyl (C=O) groups is 1. The van der Waals surface area contributed by atoms with Crippen molar-refractivity contribution in [1.29, 1.82) is 0 Å². The molecule has 4 heteroatoms. The van der Waals surface area contributed by atoms with Crippen molar-refractivity contribution in [2.45, 2.75) is 52.0 Å². The highest BCUT2D eigenvalue weighted by Gasteiger charge is 2.42. The monoisotopic (exact) mass is 268 g/mol. The molecule has 0 spiro atoms. The molecule has 1 aliphatic carbocycles. The van der Waals surface area contributed by atoms with Gasteiger partial charge in [-0.2, -0.15) is 0 Å². The fourth-order valence-corrected chi connectivity index (χ4v) is 2.97. The standard InChI is InChI=1S/C15H28N2O2/c1-3-5-15(6-7-15)11-17-14(18)12-9-19-10-13(12)16-8-4-2/h12-13,16H,3-11H2,1-2H3,(H,17,18). The van der Waals surface area contributed by atoms with E-state index in [0.717, 1.165) is 19.5 Å². The SMILES string of the molecule is CCCNC1COCC1C(=O)NCC1(CCC)CC1. The van der Waals surface area contributed by atoms with E-state index in [1.165, 1.54) is 25.7 Å². The van der Waals surface area contributed by atoms with Crippen LogP contribution < -0.4 is 10.6 Å². The van der Waals surface area contributed by atoms with Crippen molar-refractivity contribution >= 4 is 5.91 Å². The first-order chi connectivity index (χ1) is 9.21. The second-order valence-electron chi connectivity index (χ2n) is 6.17. The Morgan fingerprint density at radius 1 is 1.26 bits per heavy atom. The van der Waals surface area contributed by atoms with Gasteiger partial charge in [0.25, 0.3) is 0 Å². The minimum Gasteiger partial charge on any atom is -0.379 e. The molecule has 2 aliphatic rings. The van der Waals surface area contributed by atoms with E-state index in [-0.39, 0.29) is 17.9 Å². The van der Waals surface area contributed by atoms with Crippen LogP contribution in [0.4, 0.5) is 0 Å². The van der Waals surface area contributed by atoms with E-state index in [0.29, 0.717) is 18.6 Å². The smallest absolute Gasteiger partial charge is 0.227 e. The molecule has 0 radical (unpaired) electrons. The first kappa shape index (κ1) is 14.8. The molecule has 1 amide bonds. The molecule has 0 aromatic carbocycles. The summed E-state index contributed by atoms with van der Waals surface area (Å²) in [6.45, 7) is 7.40. The molecule has 0 bridgehead atoms. The topological polar surface area (TPSA) is 50.4 Å². The van der Waals surface area contributed by atoms with Crippen molar-refractivity contribution in [3.63, 3.8) is 0 Å². The van der Waals surface area contributed by atoms with Gasteiger partial charge in [-0.25, -0.2) is 0 Å². The molecule has 1 heterocycles. The van der Waals surface area contributed by atoms with Crippen LogP contribution >= 0.6 is 0 Å². The largest absolute Gasteiger partial charge is 0.379 e. The number of hydrogen-bond donors (Lipinski definition) is 2. The van der Waals surface area contributed by atoms with Crippen molar-refractivity contribution < 1.29 is 9.53 Å². The summed E-state index contributed by atoms with van der Waals surface area (Å²) in [6.07, 6.45) is 6.10. The average molecular weight is 268 g/mol. The summed E-state index contributed by atoms with van der Waals surface area (Å²) < 4.78 is 5.46. The van der Waals surface area contributed by atoms with Gasteiger partial charge in [0.1, 0.15) is 0 Å². The Kier molecular flexibility index (Phi) is 5.22. The van der Waals surface area contributed by atoms with E-state index in [2.05, 4.69) is 24.5 Å². The summed E-state index contributed by atoms with van der Waals surface area (Å²) in [5, 5.41) is 6.57. The van der Waals surface area contributed by atoms with Gasteiger partial charge in [0, 0.05) is 12.6 Å². The summed E-state index contributed by atoms with van der Waals surface area (Å²) in [4.78, 5) is 12.3. The van der Waals surface area contributed by atoms with Crippen molar-refractivity contribution in [2.24, 2.45) is 11.3 Å². The van der Waals surface area contributed by atoms with Crippen LogP contribution in [0, 0.1) is 11.3 Å². The van der Waals surface area contributed by atoms with E-state index in [1.54, 1.807) is 0 Å². The van der Waals surface area contributed by atoms with Gasteiger partial charge in [0.05, 0.1) is 19.1 Å². The molecule has 19 heavy (non-hydrogen) atoms. The minimum atomic E-state index is -0.0102. The highest BCUT2D eigenvalue weighted by atomic mass is 16.5. The Morgan fingerprint density at radius 3 is 2.68 bits per heavy atom. The van der Waals surface area contributed by atoms with E-state index >= 15 is 0 Å². The zero-order valence-corrected chi connectivity index (χ0v) is 12.3. The van der Waals surface area contributed by atoms with Gasteiger partial charge in [-0.1, -0.05) is 20.3 Å². The molecule has 1 aliphatic heterocycles. The van der Waals surface area contributed by atoms with Crippen molar-refractivity contribution in [3.8, 4) is 0 Å². The second kappa shape index (κ2) is 6.71. The Bertz CT molecular complexity index is 303. The van der Waals surface area contributed by atoms with Gasteiger partial charge in [0.2, 0.25) is 5.91 Å². The zero-order valence-electron chi connectivity index (χ0n) is 12.3. The normalized spacial score (nSPS) is 28.3. The first-order valence-electron chi connectivity index (χ1n) is 7.79. The maximum Gasteiger partial charge on any atom is 0.227 e. The third-order valence-electron chi connectivity index (χ3n) is 4.45. The lowest BCUT2D eigenvalue weighted by Crippen LogP contribution is -2.45. The van der Waals surface area contributed by atoms with Gasteiger partial charge in [-0.3, -0.25) is 4.79 Å². The Labute approximate surface area is 116 Å². The summed E-state index contributed by atoms with van der Waals surface area (Å²) in [6, 6.07) is 0.196. The summed E-state index contributed by atoms with van der Waals surface area (Å²) in [5.74, 6) is 0.164. The molecule has 0 aromatic rings. The van der Waals surface area contributed by atoms with E-state index in [4.69, 9.17) is 4.74 Å². The Balaban J connectivity index is 1.75. The molecule has 2 fully saturated rings. The minimum absolute atomic E-state index is 0.0102. The fraction of sp³-hybridized carbons (Fsp3) is 0.933. The molecule has 1 saturated heterocycles. The Hall–Kier alpha value is -0.610. The van der Waals surface area contributed by atoms with Crippen LogP contribution in [-0.4, -0.2) is 38.3 Å². The van der Waals surface area contributed by atoms with Crippen LogP contribution in [0.15, 0.2) is 0 Å². The van der Waals surface area contributed by atoms with Crippen LogP contribution in [0.5, 0.6) is 0 Å². The fourth-order valence-electron chi connectivity index (χ4n) is 2.97. The molecule has 4 nitrogen and oxygen atoms in total. The van der Waals surface area contributed by atoms with Crippen LogP contribution in [-0.2, 0) is 9.53 Å². The lowest BCUT2D eigenvalue weighted by atomic mass is 9.99. The summed E-state index contributed by atoms with van der Waals surface area (Å²) >= 11 is 0. The zero-order chi connectivity index (χ0) is 13.7. The highest BCUT2D eigenvalue weighted by Crippen LogP contribution is 2.48. The van der Waals surface area contributed by atoms with Crippen LogP contribution in [0.25, 0.3) is 0 Å². The Morgan fingerprint density at radius 2 is 2.05 bits per heavy atom. The van der Waals surface area contributed by atoms with Crippen LogP contribution in [0.3, 0.4) is 0 Å². The predicted octanol–water partition coefficient (Wildman–Crippen LogP) is 1.70. The third-order valence-corrected chi connectivity index (χ3v) is 4.45. The molecule has 2 atom stereocenters. The van der Waals surface area contributed by atoms with Gasteiger partial charge < -0.3 is 15.4 Å². The molecule has 110 valence electrons. The van der Waals surface area contributed by atoms with E-state index < -0.39 is 0 Å². The van der Waals surface area contributed by atoms with Crippen LogP contribution in [0.1, 0.15) is 46.0 Å². The number of ether oxygens (including phenoxy) is 1. The van der Waals surface area contributed by atoms with E-state index in [1.807, 2.05) is 0 Å². The molecule has 1 saturated carbocycles. The predicted molar refractivity (Wildman–Crippen MR) is 76.0 cm³/mol. The number of rotatable bonds is 8.